The van der Waals surface area contributed by atoms with Gasteiger partial charge in [0.1, 0.15) is 18.0 Å². The average molecular weight is 822 g/mol. The zero-order chi connectivity index (χ0) is 43.8. The number of ether oxygens (including phenoxy) is 3. The minimum atomic E-state index is -0.928. The Bertz CT molecular complexity index is 2900. The standard InChI is InChI=1S/C48H44FN5O7/c1-28(55)60-27-37-34(20-15-21-39(37)53-44(56)40-32(26-50-53)22-33(25-38(40)49)47(2,3)4)31-23-35-42(36(24-31)45(57)59-8)54(46(58)61-48(5,6)7)52-43(35)51-41(29-16-11-9-12-17-29)30-18-13-10-14-19-30/h9-26H,27H2,1-8H3. The maximum Gasteiger partial charge on any atom is 0.435 e. The summed E-state index contributed by atoms with van der Waals surface area (Å²) < 4.78 is 34.5. The molecule has 7 rings (SSSR count). The molecule has 5 aromatic carbocycles. The minimum absolute atomic E-state index is 0.0580. The zero-order valence-electron chi connectivity index (χ0n) is 35.1. The number of esters is 2. The number of nitrogens with zero attached hydrogens (tertiary/aromatic N) is 5. The molecule has 0 aliphatic carbocycles. The van der Waals surface area contributed by atoms with Gasteiger partial charge in [0.25, 0.3) is 5.56 Å². The average Bonchev–Trinajstić information content (AvgIpc) is 3.59. The van der Waals surface area contributed by atoms with Crippen molar-refractivity contribution in [3.05, 3.63) is 153 Å². The van der Waals surface area contributed by atoms with Crippen LogP contribution in [-0.4, -0.2) is 56.0 Å². The number of methoxy groups -OCH3 is 1. The van der Waals surface area contributed by atoms with Gasteiger partial charge >= 0.3 is 18.0 Å². The van der Waals surface area contributed by atoms with E-state index >= 15 is 4.39 Å². The lowest BCUT2D eigenvalue weighted by atomic mass is 9.86. The molecule has 0 saturated carbocycles. The van der Waals surface area contributed by atoms with Gasteiger partial charge in [0.2, 0.25) is 0 Å². The molecule has 0 aliphatic rings. The van der Waals surface area contributed by atoms with Crippen molar-refractivity contribution >= 4 is 51.2 Å². The van der Waals surface area contributed by atoms with E-state index in [2.05, 4.69) is 10.2 Å². The Morgan fingerprint density at radius 1 is 0.836 bits per heavy atom. The van der Waals surface area contributed by atoms with E-state index in [0.29, 0.717) is 33.4 Å². The Morgan fingerprint density at radius 2 is 1.49 bits per heavy atom. The first-order valence-electron chi connectivity index (χ1n) is 19.5. The predicted octanol–water partition coefficient (Wildman–Crippen LogP) is 9.64. The third-order valence-electron chi connectivity index (χ3n) is 9.86. The van der Waals surface area contributed by atoms with Gasteiger partial charge in [-0.15, -0.1) is 5.10 Å². The number of fused-ring (bicyclic) bond motifs is 2. The molecular weight excluding hydrogens is 778 g/mol. The highest BCUT2D eigenvalue weighted by Gasteiger charge is 2.29. The van der Waals surface area contributed by atoms with Gasteiger partial charge in [-0.25, -0.2) is 19.0 Å². The van der Waals surface area contributed by atoms with Crippen LogP contribution in [0.4, 0.5) is 15.0 Å². The van der Waals surface area contributed by atoms with Gasteiger partial charge in [0.05, 0.1) is 41.2 Å². The van der Waals surface area contributed by atoms with E-state index in [1.165, 1.54) is 32.4 Å². The Hall–Kier alpha value is -7.28. The van der Waals surface area contributed by atoms with Crippen molar-refractivity contribution in [1.82, 2.24) is 19.6 Å². The minimum Gasteiger partial charge on any atom is -0.465 e. The van der Waals surface area contributed by atoms with E-state index in [9.17, 15) is 19.2 Å². The Labute approximate surface area is 351 Å². The Balaban J connectivity index is 1.54. The van der Waals surface area contributed by atoms with Crippen molar-refractivity contribution in [2.24, 2.45) is 4.99 Å². The van der Waals surface area contributed by atoms with Gasteiger partial charge in [-0.2, -0.15) is 14.5 Å². The lowest BCUT2D eigenvalue weighted by molar-refractivity contribution is -0.142. The molecule has 2 aromatic heterocycles. The maximum absolute atomic E-state index is 15.8. The summed E-state index contributed by atoms with van der Waals surface area (Å²) in [7, 11) is 1.21. The first-order chi connectivity index (χ1) is 28.9. The van der Waals surface area contributed by atoms with Crippen molar-refractivity contribution < 1.29 is 33.0 Å². The van der Waals surface area contributed by atoms with E-state index in [1.54, 1.807) is 51.1 Å². The molecule has 0 spiro atoms. The van der Waals surface area contributed by atoms with Crippen molar-refractivity contribution in [3.63, 3.8) is 0 Å². The largest absolute Gasteiger partial charge is 0.465 e. The van der Waals surface area contributed by atoms with Gasteiger partial charge in [-0.1, -0.05) is 93.6 Å². The molecule has 0 aliphatic heterocycles. The van der Waals surface area contributed by atoms with Crippen LogP contribution in [0.1, 0.15) is 81.1 Å². The molecule has 0 saturated heterocycles. The number of halogens is 1. The highest BCUT2D eigenvalue weighted by atomic mass is 19.1. The number of aliphatic imine (C=N–C) groups is 1. The SMILES string of the molecule is COC(=O)c1cc(-c2cccc(-n3ncc4cc(C(C)(C)C)cc(F)c4c3=O)c2COC(C)=O)cc2c(N=C(c3ccccc3)c3ccccc3)nn(C(=O)OC(C)(C)C)c12. The molecule has 12 nitrogen and oxygen atoms in total. The summed E-state index contributed by atoms with van der Waals surface area (Å²) in [5.41, 5.74) is 2.01. The second-order valence-corrected chi connectivity index (χ2v) is 16.4. The Morgan fingerprint density at radius 3 is 2.08 bits per heavy atom. The van der Waals surface area contributed by atoms with Crippen LogP contribution in [0.5, 0.6) is 0 Å². The van der Waals surface area contributed by atoms with Crippen molar-refractivity contribution in [2.75, 3.05) is 7.11 Å². The van der Waals surface area contributed by atoms with Crippen LogP contribution in [0.3, 0.4) is 0 Å². The van der Waals surface area contributed by atoms with E-state index in [1.807, 2.05) is 81.4 Å². The second kappa shape index (κ2) is 16.4. The molecular formula is C48H44FN5O7. The van der Waals surface area contributed by atoms with Crippen LogP contribution in [-0.2, 0) is 31.0 Å². The molecule has 2 heterocycles. The van der Waals surface area contributed by atoms with E-state index < -0.39 is 40.4 Å². The quantitative estimate of drug-likeness (QED) is 0.0832. The lowest BCUT2D eigenvalue weighted by Gasteiger charge is -2.20. The summed E-state index contributed by atoms with van der Waals surface area (Å²) in [6.45, 7) is 11.9. The van der Waals surface area contributed by atoms with Gasteiger partial charge in [-0.05, 0) is 73.2 Å². The normalized spacial score (nSPS) is 11.7. The van der Waals surface area contributed by atoms with Crippen LogP contribution < -0.4 is 5.56 Å². The molecule has 310 valence electrons. The van der Waals surface area contributed by atoms with E-state index in [-0.39, 0.29) is 40.0 Å². The van der Waals surface area contributed by atoms with Crippen LogP contribution >= 0.6 is 0 Å². The molecule has 0 amide bonds. The van der Waals surface area contributed by atoms with Gasteiger partial charge in [-0.3, -0.25) is 9.59 Å². The number of hydrogen-bond donors (Lipinski definition) is 0. The number of rotatable bonds is 8. The maximum atomic E-state index is 15.8. The summed E-state index contributed by atoms with van der Waals surface area (Å²) in [6.07, 6.45) is 0.560. The molecule has 0 radical (unpaired) electrons. The molecule has 7 aromatic rings. The van der Waals surface area contributed by atoms with E-state index in [4.69, 9.17) is 19.2 Å². The summed E-state index contributed by atoms with van der Waals surface area (Å²) in [5.74, 6) is -2.02. The van der Waals surface area contributed by atoms with Crippen LogP contribution in [0.25, 0.3) is 38.5 Å². The monoisotopic (exact) mass is 821 g/mol. The van der Waals surface area contributed by atoms with Crippen LogP contribution in [0, 0.1) is 5.82 Å². The first-order valence-corrected chi connectivity index (χ1v) is 19.5. The first kappa shape index (κ1) is 41.9. The van der Waals surface area contributed by atoms with Crippen LogP contribution in [0.15, 0.2) is 119 Å². The summed E-state index contributed by atoms with van der Waals surface area (Å²) in [4.78, 5) is 59.3. The van der Waals surface area contributed by atoms with Gasteiger partial charge < -0.3 is 14.2 Å². The molecule has 0 atom stereocenters. The van der Waals surface area contributed by atoms with Crippen molar-refractivity contribution in [2.45, 2.75) is 66.1 Å². The number of benzene rings is 5. The number of aromatic nitrogens is 4. The van der Waals surface area contributed by atoms with Crippen molar-refractivity contribution in [3.8, 4) is 16.8 Å². The third-order valence-corrected chi connectivity index (χ3v) is 9.86. The third kappa shape index (κ3) is 8.58. The van der Waals surface area contributed by atoms with Gasteiger partial charge in [0, 0.05) is 34.4 Å². The topological polar surface area (TPSA) is 144 Å². The number of carbonyl (C=O) groups is 3. The smallest absolute Gasteiger partial charge is 0.435 e. The molecule has 0 N–H and O–H groups in total. The number of carbonyl (C=O) groups excluding carboxylic acids is 3. The highest BCUT2D eigenvalue weighted by molar-refractivity contribution is 6.16. The summed E-state index contributed by atoms with van der Waals surface area (Å²) in [6, 6.07) is 30.2. The van der Waals surface area contributed by atoms with E-state index in [0.717, 1.165) is 20.5 Å². The summed E-state index contributed by atoms with van der Waals surface area (Å²) >= 11 is 0. The van der Waals surface area contributed by atoms with Crippen LogP contribution in [0.2, 0.25) is 0 Å². The Kier molecular flexibility index (Phi) is 11.3. The molecule has 13 heteroatoms. The molecule has 0 unspecified atom stereocenters. The van der Waals surface area contributed by atoms with Crippen molar-refractivity contribution in [1.29, 1.82) is 0 Å². The lowest BCUT2D eigenvalue weighted by Crippen LogP contribution is -2.28. The second-order valence-electron chi connectivity index (χ2n) is 16.4. The fraction of sp³-hybridized carbons (Fsp3) is 0.229. The fourth-order valence-electron chi connectivity index (χ4n) is 6.97. The van der Waals surface area contributed by atoms with Gasteiger partial charge in [0.15, 0.2) is 5.82 Å². The highest BCUT2D eigenvalue weighted by Crippen LogP contribution is 2.38. The molecule has 61 heavy (non-hydrogen) atoms. The predicted molar refractivity (Wildman–Crippen MR) is 231 cm³/mol. The summed E-state index contributed by atoms with van der Waals surface area (Å²) in [5, 5.41) is 9.59. The number of hydrogen-bond acceptors (Lipinski definition) is 10. The molecule has 0 fully saturated rings. The zero-order valence-corrected chi connectivity index (χ0v) is 35.1. The molecule has 0 bridgehead atoms. The fourth-order valence-corrected chi connectivity index (χ4v) is 6.97.